The summed E-state index contributed by atoms with van der Waals surface area (Å²) in [5, 5.41) is 18.0. The van der Waals surface area contributed by atoms with Crippen LogP contribution in [-0.4, -0.2) is 20.5 Å². The van der Waals surface area contributed by atoms with Crippen molar-refractivity contribution in [3.8, 4) is 17.5 Å². The fourth-order valence-corrected chi connectivity index (χ4v) is 2.88. The summed E-state index contributed by atoms with van der Waals surface area (Å²) in [6.07, 6.45) is 2.62. The molecule has 0 radical (unpaired) electrons. The minimum absolute atomic E-state index is 0.633. The van der Waals surface area contributed by atoms with Gasteiger partial charge in [-0.05, 0) is 25.3 Å². The van der Waals surface area contributed by atoms with E-state index in [-0.39, 0.29) is 0 Å². The van der Waals surface area contributed by atoms with Gasteiger partial charge in [0, 0.05) is 24.8 Å². The highest BCUT2D eigenvalue weighted by Crippen LogP contribution is 2.25. The highest BCUT2D eigenvalue weighted by molar-refractivity contribution is 7.99. The SMILES string of the molecule is Cc1ccccc1-c1nnc(SCCCCC#N)n1C. The Balaban J connectivity index is 2.04. The number of aryl methyl sites for hydroxylation is 1. The van der Waals surface area contributed by atoms with E-state index in [0.29, 0.717) is 6.42 Å². The Hall–Kier alpha value is -1.80. The van der Waals surface area contributed by atoms with Gasteiger partial charge in [0.2, 0.25) is 0 Å². The van der Waals surface area contributed by atoms with E-state index in [1.165, 1.54) is 5.56 Å². The normalized spacial score (nSPS) is 10.4. The molecule has 1 aromatic heterocycles. The summed E-state index contributed by atoms with van der Waals surface area (Å²) < 4.78 is 2.04. The molecule has 1 heterocycles. The van der Waals surface area contributed by atoms with Gasteiger partial charge in [0.15, 0.2) is 11.0 Å². The van der Waals surface area contributed by atoms with E-state index in [9.17, 15) is 0 Å². The molecule has 0 bridgehead atoms. The molecule has 0 aliphatic heterocycles. The molecule has 20 heavy (non-hydrogen) atoms. The van der Waals surface area contributed by atoms with Crippen molar-refractivity contribution in [2.24, 2.45) is 7.05 Å². The van der Waals surface area contributed by atoms with Gasteiger partial charge in [-0.1, -0.05) is 36.0 Å². The predicted molar refractivity (Wildman–Crippen MR) is 81.4 cm³/mol. The largest absolute Gasteiger partial charge is 0.305 e. The second-order valence-corrected chi connectivity index (χ2v) is 5.71. The van der Waals surface area contributed by atoms with Crippen LogP contribution >= 0.6 is 11.8 Å². The molecule has 0 atom stereocenters. The third-order valence-electron chi connectivity index (χ3n) is 3.13. The lowest BCUT2D eigenvalue weighted by atomic mass is 10.1. The second-order valence-electron chi connectivity index (χ2n) is 4.64. The summed E-state index contributed by atoms with van der Waals surface area (Å²) in [5.74, 6) is 1.88. The van der Waals surface area contributed by atoms with E-state index < -0.39 is 0 Å². The Morgan fingerprint density at radius 1 is 1.25 bits per heavy atom. The van der Waals surface area contributed by atoms with Crippen molar-refractivity contribution in [1.82, 2.24) is 14.8 Å². The minimum Gasteiger partial charge on any atom is -0.305 e. The van der Waals surface area contributed by atoms with E-state index in [4.69, 9.17) is 5.26 Å². The monoisotopic (exact) mass is 286 g/mol. The maximum Gasteiger partial charge on any atom is 0.191 e. The fourth-order valence-electron chi connectivity index (χ4n) is 1.97. The van der Waals surface area contributed by atoms with Gasteiger partial charge in [0.05, 0.1) is 6.07 Å². The van der Waals surface area contributed by atoms with Crippen molar-refractivity contribution in [3.05, 3.63) is 29.8 Å². The fraction of sp³-hybridized carbons (Fsp3) is 0.400. The second kappa shape index (κ2) is 7.11. The summed E-state index contributed by atoms with van der Waals surface area (Å²) >= 11 is 1.70. The van der Waals surface area contributed by atoms with Crippen molar-refractivity contribution in [3.63, 3.8) is 0 Å². The van der Waals surface area contributed by atoms with E-state index in [0.717, 1.165) is 35.1 Å². The van der Waals surface area contributed by atoms with Crippen molar-refractivity contribution in [2.75, 3.05) is 5.75 Å². The first-order valence-corrected chi connectivity index (χ1v) is 7.67. The number of unbranched alkanes of at least 4 members (excludes halogenated alkanes) is 2. The number of nitrogens with zero attached hydrogens (tertiary/aromatic N) is 4. The molecule has 0 fully saturated rings. The number of hydrogen-bond acceptors (Lipinski definition) is 4. The van der Waals surface area contributed by atoms with Crippen LogP contribution in [0.1, 0.15) is 24.8 Å². The van der Waals surface area contributed by atoms with Crippen LogP contribution in [0.25, 0.3) is 11.4 Å². The molecular weight excluding hydrogens is 268 g/mol. The number of hydrogen-bond donors (Lipinski definition) is 0. The molecule has 0 aliphatic rings. The van der Waals surface area contributed by atoms with Gasteiger partial charge in [-0.15, -0.1) is 10.2 Å². The molecule has 0 unspecified atom stereocenters. The lowest BCUT2D eigenvalue weighted by Crippen LogP contribution is -1.96. The van der Waals surface area contributed by atoms with E-state index in [1.54, 1.807) is 11.8 Å². The van der Waals surface area contributed by atoms with Crippen molar-refractivity contribution >= 4 is 11.8 Å². The van der Waals surface area contributed by atoms with Crippen molar-refractivity contribution in [1.29, 1.82) is 5.26 Å². The summed E-state index contributed by atoms with van der Waals surface area (Å²) in [6, 6.07) is 10.4. The van der Waals surface area contributed by atoms with Crippen molar-refractivity contribution in [2.45, 2.75) is 31.3 Å². The molecule has 104 valence electrons. The Kier molecular flexibility index (Phi) is 5.19. The highest BCUT2D eigenvalue weighted by atomic mass is 32.2. The third-order valence-corrected chi connectivity index (χ3v) is 4.24. The zero-order chi connectivity index (χ0) is 14.4. The van der Waals surface area contributed by atoms with Crippen LogP contribution in [0.5, 0.6) is 0 Å². The summed E-state index contributed by atoms with van der Waals surface area (Å²) in [4.78, 5) is 0. The average molecular weight is 286 g/mol. The lowest BCUT2D eigenvalue weighted by molar-refractivity contribution is 0.785. The average Bonchev–Trinajstić information content (AvgIpc) is 2.81. The Bertz CT molecular complexity index is 613. The van der Waals surface area contributed by atoms with Crippen LogP contribution < -0.4 is 0 Å². The van der Waals surface area contributed by atoms with Gasteiger partial charge in [-0.25, -0.2) is 0 Å². The number of benzene rings is 1. The summed E-state index contributed by atoms with van der Waals surface area (Å²) in [6.45, 7) is 2.08. The van der Waals surface area contributed by atoms with E-state index >= 15 is 0 Å². The number of rotatable bonds is 6. The van der Waals surface area contributed by atoms with Crippen LogP contribution in [0.4, 0.5) is 0 Å². The predicted octanol–water partition coefficient (Wildman–Crippen LogP) is 3.58. The first-order chi connectivity index (χ1) is 9.74. The van der Waals surface area contributed by atoms with Crippen LogP contribution in [-0.2, 0) is 7.05 Å². The van der Waals surface area contributed by atoms with E-state index in [2.05, 4.69) is 35.3 Å². The topological polar surface area (TPSA) is 54.5 Å². The molecule has 0 amide bonds. The quantitative estimate of drug-likeness (QED) is 0.601. The Morgan fingerprint density at radius 3 is 2.80 bits per heavy atom. The molecule has 2 rings (SSSR count). The number of nitriles is 1. The molecule has 0 saturated carbocycles. The van der Waals surface area contributed by atoms with Crippen LogP contribution in [0.2, 0.25) is 0 Å². The van der Waals surface area contributed by atoms with Crippen LogP contribution in [0.3, 0.4) is 0 Å². The van der Waals surface area contributed by atoms with Crippen LogP contribution in [0, 0.1) is 18.3 Å². The molecule has 1 aromatic carbocycles. The summed E-state index contributed by atoms with van der Waals surface area (Å²) in [7, 11) is 2.00. The first-order valence-electron chi connectivity index (χ1n) is 6.69. The molecule has 0 N–H and O–H groups in total. The Labute approximate surface area is 123 Å². The van der Waals surface area contributed by atoms with Gasteiger partial charge < -0.3 is 4.57 Å². The smallest absolute Gasteiger partial charge is 0.191 e. The molecule has 0 spiro atoms. The lowest BCUT2D eigenvalue weighted by Gasteiger charge is -2.06. The number of thioether (sulfide) groups is 1. The Morgan fingerprint density at radius 2 is 2.05 bits per heavy atom. The van der Waals surface area contributed by atoms with Gasteiger partial charge in [0.1, 0.15) is 0 Å². The number of aromatic nitrogens is 3. The maximum absolute atomic E-state index is 8.50. The highest BCUT2D eigenvalue weighted by Gasteiger charge is 2.12. The van der Waals surface area contributed by atoms with E-state index in [1.807, 2.05) is 23.7 Å². The van der Waals surface area contributed by atoms with Crippen molar-refractivity contribution < 1.29 is 0 Å². The standard InChI is InChI=1S/C15H18N4S/c1-12-8-4-5-9-13(12)14-17-18-15(19(14)2)20-11-7-3-6-10-16/h4-5,8-9H,3,6-7,11H2,1-2H3. The van der Waals surface area contributed by atoms with Crippen LogP contribution in [0.15, 0.2) is 29.4 Å². The van der Waals surface area contributed by atoms with Gasteiger partial charge in [-0.3, -0.25) is 0 Å². The summed E-state index contributed by atoms with van der Waals surface area (Å²) in [5.41, 5.74) is 2.33. The first kappa shape index (κ1) is 14.6. The molecule has 5 heteroatoms. The zero-order valence-electron chi connectivity index (χ0n) is 11.8. The molecule has 2 aromatic rings. The van der Waals surface area contributed by atoms with Gasteiger partial charge >= 0.3 is 0 Å². The molecular formula is C15H18N4S. The third kappa shape index (κ3) is 3.40. The maximum atomic E-state index is 8.50. The van der Waals surface area contributed by atoms with Gasteiger partial charge in [0.25, 0.3) is 0 Å². The zero-order valence-corrected chi connectivity index (χ0v) is 12.7. The molecule has 0 aliphatic carbocycles. The minimum atomic E-state index is 0.633. The molecule has 0 saturated heterocycles. The van der Waals surface area contributed by atoms with Gasteiger partial charge in [-0.2, -0.15) is 5.26 Å². The molecule has 4 nitrogen and oxygen atoms in total.